The van der Waals surface area contributed by atoms with E-state index in [1.165, 1.54) is 13.2 Å². The molecule has 3 rings (SSSR count). The van der Waals surface area contributed by atoms with Crippen LogP contribution in [0.15, 0.2) is 77.7 Å². The number of hydrogen-bond donors (Lipinski definition) is 2. The third kappa shape index (κ3) is 6.33. The summed E-state index contributed by atoms with van der Waals surface area (Å²) >= 11 is 0. The van der Waals surface area contributed by atoms with Crippen LogP contribution in [0.1, 0.15) is 11.1 Å². The van der Waals surface area contributed by atoms with Crippen molar-refractivity contribution in [3.8, 4) is 5.75 Å². The molecule has 1 amide bonds. The Hall–Kier alpha value is -3.44. The van der Waals surface area contributed by atoms with Crippen molar-refractivity contribution < 1.29 is 35.5 Å². The van der Waals surface area contributed by atoms with Crippen molar-refractivity contribution in [3.05, 3.63) is 89.7 Å². The highest BCUT2D eigenvalue weighted by atomic mass is 32.2. The van der Waals surface area contributed by atoms with Crippen molar-refractivity contribution in [2.75, 3.05) is 12.4 Å². The van der Waals surface area contributed by atoms with Gasteiger partial charge in [0.05, 0.1) is 12.7 Å². The molecule has 2 N–H and O–H groups in total. The van der Waals surface area contributed by atoms with Gasteiger partial charge in [0.1, 0.15) is 22.5 Å². The van der Waals surface area contributed by atoms with Crippen LogP contribution in [0.2, 0.25) is 0 Å². The van der Waals surface area contributed by atoms with E-state index in [1.807, 2.05) is 0 Å². The molecule has 3 aromatic carbocycles. The lowest BCUT2D eigenvalue weighted by Crippen LogP contribution is -2.45. The molecule has 0 aromatic heterocycles. The number of amides is 1. The molecule has 1 atom stereocenters. The average molecular weight is 496 g/mol. The number of methoxy groups -OCH3 is 1. The lowest BCUT2D eigenvalue weighted by molar-refractivity contribution is -0.137. The van der Waals surface area contributed by atoms with E-state index in [0.29, 0.717) is 5.56 Å². The Kier molecular flexibility index (Phi) is 7.57. The lowest BCUT2D eigenvalue weighted by Gasteiger charge is -2.20. The maximum absolute atomic E-state index is 13.8. The molecule has 1 unspecified atom stereocenters. The highest BCUT2D eigenvalue weighted by Crippen LogP contribution is 2.31. The first-order valence-corrected chi connectivity index (χ1v) is 11.4. The largest absolute Gasteiger partial charge is 0.495 e. The second-order valence-electron chi connectivity index (χ2n) is 7.23. The Morgan fingerprint density at radius 1 is 1.00 bits per heavy atom. The topological polar surface area (TPSA) is 84.5 Å². The molecule has 0 aliphatic heterocycles. The Morgan fingerprint density at radius 3 is 2.35 bits per heavy atom. The molecule has 6 nitrogen and oxygen atoms in total. The van der Waals surface area contributed by atoms with Crippen LogP contribution in [-0.2, 0) is 27.4 Å². The molecule has 0 saturated carbocycles. The first-order valence-electron chi connectivity index (χ1n) is 9.87. The fourth-order valence-corrected chi connectivity index (χ4v) is 4.53. The number of halogens is 4. The number of nitrogens with one attached hydrogen (secondary N) is 2. The number of sulfonamides is 1. The van der Waals surface area contributed by atoms with E-state index in [-0.39, 0.29) is 17.9 Å². The van der Waals surface area contributed by atoms with E-state index >= 15 is 0 Å². The molecule has 0 fully saturated rings. The van der Waals surface area contributed by atoms with Crippen molar-refractivity contribution in [1.82, 2.24) is 4.72 Å². The summed E-state index contributed by atoms with van der Waals surface area (Å²) in [5.41, 5.74) is -0.559. The van der Waals surface area contributed by atoms with Crippen LogP contribution in [-0.4, -0.2) is 27.5 Å². The predicted molar refractivity (Wildman–Crippen MR) is 117 cm³/mol. The predicted octanol–water partition coefficient (Wildman–Crippen LogP) is 4.38. The van der Waals surface area contributed by atoms with Crippen LogP contribution in [0.4, 0.5) is 23.2 Å². The second-order valence-corrected chi connectivity index (χ2v) is 8.91. The molecule has 0 bridgehead atoms. The molecule has 0 saturated heterocycles. The Labute approximate surface area is 193 Å². The van der Waals surface area contributed by atoms with Crippen molar-refractivity contribution in [1.29, 1.82) is 0 Å². The maximum Gasteiger partial charge on any atom is 0.416 e. The fourth-order valence-electron chi connectivity index (χ4n) is 3.15. The number of ether oxygens (including phenoxy) is 1. The molecule has 0 aliphatic carbocycles. The summed E-state index contributed by atoms with van der Waals surface area (Å²) in [6, 6.07) is 13.8. The van der Waals surface area contributed by atoms with Crippen molar-refractivity contribution in [2.24, 2.45) is 0 Å². The summed E-state index contributed by atoms with van der Waals surface area (Å²) in [6.45, 7) is 0. The van der Waals surface area contributed by atoms with Gasteiger partial charge < -0.3 is 10.1 Å². The Bertz CT molecular complexity index is 1270. The average Bonchev–Trinajstić information content (AvgIpc) is 2.79. The maximum atomic E-state index is 13.8. The molecule has 180 valence electrons. The molecule has 0 aliphatic rings. The van der Waals surface area contributed by atoms with E-state index < -0.39 is 44.4 Å². The van der Waals surface area contributed by atoms with Crippen molar-refractivity contribution >= 4 is 21.6 Å². The number of anilines is 1. The van der Waals surface area contributed by atoms with Crippen LogP contribution in [0.3, 0.4) is 0 Å². The lowest BCUT2D eigenvalue weighted by atomic mass is 10.1. The number of carbonyl (C=O) groups excluding carboxylic acids is 1. The van der Waals surface area contributed by atoms with Gasteiger partial charge in [-0.15, -0.1) is 0 Å². The molecule has 0 radical (unpaired) electrons. The van der Waals surface area contributed by atoms with E-state index in [2.05, 4.69) is 10.0 Å². The van der Waals surface area contributed by atoms with Crippen LogP contribution >= 0.6 is 0 Å². The van der Waals surface area contributed by atoms with Gasteiger partial charge in [-0.25, -0.2) is 12.8 Å². The minimum absolute atomic E-state index is 0.123. The quantitative estimate of drug-likeness (QED) is 0.454. The first kappa shape index (κ1) is 25.2. The van der Waals surface area contributed by atoms with E-state index in [9.17, 15) is 30.8 Å². The number of rotatable bonds is 8. The van der Waals surface area contributed by atoms with Gasteiger partial charge in [0.2, 0.25) is 15.9 Å². The van der Waals surface area contributed by atoms with E-state index in [1.54, 1.807) is 30.3 Å². The molecule has 11 heteroatoms. The van der Waals surface area contributed by atoms with E-state index in [4.69, 9.17) is 4.74 Å². The summed E-state index contributed by atoms with van der Waals surface area (Å²) in [5, 5.41) is 2.32. The number of carbonyl (C=O) groups is 1. The van der Waals surface area contributed by atoms with Gasteiger partial charge in [0.25, 0.3) is 0 Å². The zero-order chi connectivity index (χ0) is 24.9. The normalized spacial score (nSPS) is 12.7. The number of benzene rings is 3. The monoisotopic (exact) mass is 496 g/mol. The fraction of sp³-hybridized carbons (Fsp3) is 0.174. The standard InChI is InChI=1S/C23H20F4N2O4S/c1-33-20-11-10-17(24)14-21(20)34(31,32)29-19(12-15-6-3-2-4-7-15)22(30)28-18-9-5-8-16(13-18)23(25,26)27/h2-11,13-14,19,29H,12H2,1H3,(H,28,30). The van der Waals surface area contributed by atoms with Gasteiger partial charge in [-0.05, 0) is 48.4 Å². The molecule has 0 spiro atoms. The van der Waals surface area contributed by atoms with Crippen LogP contribution in [0.5, 0.6) is 5.75 Å². The Morgan fingerprint density at radius 2 is 1.71 bits per heavy atom. The summed E-state index contributed by atoms with van der Waals surface area (Å²) in [6.07, 6.45) is -4.75. The number of hydrogen-bond acceptors (Lipinski definition) is 4. The first-order chi connectivity index (χ1) is 16.0. The third-order valence-corrected chi connectivity index (χ3v) is 6.26. The molecule has 0 heterocycles. The summed E-state index contributed by atoms with van der Waals surface area (Å²) in [5.74, 6) is -1.89. The van der Waals surface area contributed by atoms with Crippen molar-refractivity contribution in [3.63, 3.8) is 0 Å². The molecular weight excluding hydrogens is 476 g/mol. The van der Waals surface area contributed by atoms with Gasteiger partial charge in [-0.1, -0.05) is 36.4 Å². The Balaban J connectivity index is 1.93. The van der Waals surface area contributed by atoms with Crippen LogP contribution in [0.25, 0.3) is 0 Å². The van der Waals surface area contributed by atoms with Gasteiger partial charge >= 0.3 is 6.18 Å². The summed E-state index contributed by atoms with van der Waals surface area (Å²) in [4.78, 5) is 12.5. The molecule has 34 heavy (non-hydrogen) atoms. The third-order valence-electron chi connectivity index (χ3n) is 4.77. The number of alkyl halides is 3. The van der Waals surface area contributed by atoms with E-state index in [0.717, 1.165) is 36.4 Å². The second kappa shape index (κ2) is 10.2. The van der Waals surface area contributed by atoms with Gasteiger partial charge in [0, 0.05) is 5.69 Å². The highest BCUT2D eigenvalue weighted by Gasteiger charge is 2.32. The zero-order valence-electron chi connectivity index (χ0n) is 17.8. The molecule has 3 aromatic rings. The summed E-state index contributed by atoms with van der Waals surface area (Å²) in [7, 11) is -3.27. The van der Waals surface area contributed by atoms with Gasteiger partial charge in [0.15, 0.2) is 0 Å². The molecular formula is C23H20F4N2O4S. The van der Waals surface area contributed by atoms with Gasteiger partial charge in [-0.3, -0.25) is 4.79 Å². The minimum Gasteiger partial charge on any atom is -0.495 e. The SMILES string of the molecule is COc1ccc(F)cc1S(=O)(=O)NC(Cc1ccccc1)C(=O)Nc1cccc(C(F)(F)F)c1. The zero-order valence-corrected chi connectivity index (χ0v) is 18.6. The van der Waals surface area contributed by atoms with Crippen LogP contribution < -0.4 is 14.8 Å². The van der Waals surface area contributed by atoms with Crippen LogP contribution in [0, 0.1) is 5.82 Å². The van der Waals surface area contributed by atoms with Gasteiger partial charge in [-0.2, -0.15) is 17.9 Å². The smallest absolute Gasteiger partial charge is 0.416 e. The highest BCUT2D eigenvalue weighted by molar-refractivity contribution is 7.89. The minimum atomic E-state index is -4.63. The summed E-state index contributed by atoms with van der Waals surface area (Å²) < 4.78 is 86.1. The van der Waals surface area contributed by atoms with Crippen molar-refractivity contribution in [2.45, 2.75) is 23.5 Å².